The van der Waals surface area contributed by atoms with Crippen LogP contribution in [0, 0.1) is 0 Å². The molecule has 96 valence electrons. The minimum absolute atomic E-state index is 0.490. The van der Waals surface area contributed by atoms with E-state index in [1.54, 1.807) is 6.26 Å². The first kappa shape index (κ1) is 12.7. The lowest BCUT2D eigenvalue weighted by Crippen LogP contribution is -2.00. The Balaban J connectivity index is 1.95. The molecule has 1 unspecified atom stereocenters. The summed E-state index contributed by atoms with van der Waals surface area (Å²) in [6.45, 7) is 2.58. The molecule has 0 radical (unpaired) electrons. The van der Waals surface area contributed by atoms with Crippen LogP contribution in [0.4, 0.5) is 0 Å². The predicted octanol–water partition coefficient (Wildman–Crippen LogP) is 3.34. The Kier molecular flexibility index (Phi) is 4.42. The number of rotatable bonds is 6. The molecule has 0 aliphatic heterocycles. The molecular formula is C15H18O3. The van der Waals surface area contributed by atoms with Gasteiger partial charge in [0.25, 0.3) is 0 Å². The van der Waals surface area contributed by atoms with E-state index in [9.17, 15) is 5.11 Å². The summed E-state index contributed by atoms with van der Waals surface area (Å²) in [6.07, 6.45) is 2.53. The number of aryl methyl sites for hydroxylation is 1. The molecule has 1 heterocycles. The van der Waals surface area contributed by atoms with Crippen molar-refractivity contribution in [2.24, 2.45) is 0 Å². The van der Waals surface area contributed by atoms with E-state index >= 15 is 0 Å². The molecule has 3 heteroatoms. The Labute approximate surface area is 107 Å². The van der Waals surface area contributed by atoms with Crippen LogP contribution < -0.4 is 4.74 Å². The quantitative estimate of drug-likeness (QED) is 0.850. The van der Waals surface area contributed by atoms with Crippen molar-refractivity contribution in [3.8, 4) is 5.75 Å². The average Bonchev–Trinajstić information content (AvgIpc) is 2.90. The minimum Gasteiger partial charge on any atom is -0.494 e. The summed E-state index contributed by atoms with van der Waals surface area (Å²) in [7, 11) is 0. The van der Waals surface area contributed by atoms with Gasteiger partial charge in [-0.05, 0) is 43.2 Å². The van der Waals surface area contributed by atoms with Crippen molar-refractivity contribution in [3.63, 3.8) is 0 Å². The van der Waals surface area contributed by atoms with Crippen LogP contribution in [0.5, 0.6) is 5.75 Å². The summed E-state index contributed by atoms with van der Waals surface area (Å²) >= 11 is 0. The predicted molar refractivity (Wildman–Crippen MR) is 69.6 cm³/mol. The van der Waals surface area contributed by atoms with E-state index in [0.29, 0.717) is 13.0 Å². The highest BCUT2D eigenvalue weighted by atomic mass is 16.5. The van der Waals surface area contributed by atoms with Gasteiger partial charge in [0.1, 0.15) is 11.5 Å². The van der Waals surface area contributed by atoms with E-state index in [1.165, 1.54) is 0 Å². The van der Waals surface area contributed by atoms with Crippen molar-refractivity contribution in [1.29, 1.82) is 0 Å². The lowest BCUT2D eigenvalue weighted by atomic mass is 10.0. The molecule has 0 aliphatic carbocycles. The van der Waals surface area contributed by atoms with Crippen LogP contribution in [-0.2, 0) is 6.42 Å². The van der Waals surface area contributed by atoms with E-state index in [2.05, 4.69) is 0 Å². The molecule has 0 saturated heterocycles. The SMILES string of the molecule is CCOc1cccc(C(O)CCc2ccco2)c1. The Hall–Kier alpha value is -1.74. The number of benzene rings is 1. The molecule has 2 aromatic rings. The summed E-state index contributed by atoms with van der Waals surface area (Å²) < 4.78 is 10.7. The fourth-order valence-electron chi connectivity index (χ4n) is 1.88. The third-order valence-corrected chi connectivity index (χ3v) is 2.80. The standard InChI is InChI=1S/C15H18O3/c1-2-17-14-6-3-5-12(11-14)15(16)9-8-13-7-4-10-18-13/h3-7,10-11,15-16H,2,8-9H2,1H3. The molecule has 0 aliphatic rings. The molecule has 0 bridgehead atoms. The van der Waals surface area contributed by atoms with Crippen molar-refractivity contribution in [2.45, 2.75) is 25.9 Å². The third kappa shape index (κ3) is 3.37. The van der Waals surface area contributed by atoms with E-state index in [4.69, 9.17) is 9.15 Å². The summed E-state index contributed by atoms with van der Waals surface area (Å²) in [6, 6.07) is 11.4. The normalized spacial score (nSPS) is 12.3. The Morgan fingerprint density at radius 2 is 2.17 bits per heavy atom. The van der Waals surface area contributed by atoms with E-state index in [0.717, 1.165) is 23.5 Å². The van der Waals surface area contributed by atoms with E-state index in [-0.39, 0.29) is 0 Å². The minimum atomic E-state index is -0.490. The lowest BCUT2D eigenvalue weighted by molar-refractivity contribution is 0.165. The highest BCUT2D eigenvalue weighted by molar-refractivity contribution is 5.29. The molecule has 2 rings (SSSR count). The van der Waals surface area contributed by atoms with Crippen molar-refractivity contribution in [2.75, 3.05) is 6.61 Å². The summed E-state index contributed by atoms with van der Waals surface area (Å²) in [5.74, 6) is 1.70. The first-order chi connectivity index (χ1) is 8.79. The number of hydrogen-bond donors (Lipinski definition) is 1. The van der Waals surface area contributed by atoms with E-state index in [1.807, 2.05) is 43.3 Å². The van der Waals surface area contributed by atoms with Crippen LogP contribution in [0.2, 0.25) is 0 Å². The zero-order chi connectivity index (χ0) is 12.8. The van der Waals surface area contributed by atoms with Gasteiger partial charge in [-0.1, -0.05) is 12.1 Å². The largest absolute Gasteiger partial charge is 0.494 e. The zero-order valence-electron chi connectivity index (χ0n) is 10.5. The van der Waals surface area contributed by atoms with Crippen LogP contribution in [0.15, 0.2) is 47.1 Å². The monoisotopic (exact) mass is 246 g/mol. The van der Waals surface area contributed by atoms with Gasteiger partial charge in [-0.15, -0.1) is 0 Å². The molecule has 1 atom stereocenters. The fourth-order valence-corrected chi connectivity index (χ4v) is 1.88. The number of aliphatic hydroxyl groups excluding tert-OH is 1. The van der Waals surface area contributed by atoms with Crippen molar-refractivity contribution in [1.82, 2.24) is 0 Å². The third-order valence-electron chi connectivity index (χ3n) is 2.80. The molecule has 3 nitrogen and oxygen atoms in total. The second kappa shape index (κ2) is 6.26. The first-order valence-corrected chi connectivity index (χ1v) is 6.23. The number of furan rings is 1. The van der Waals surface area contributed by atoms with Gasteiger partial charge in [0.05, 0.1) is 19.0 Å². The molecule has 1 aromatic heterocycles. The van der Waals surface area contributed by atoms with E-state index < -0.39 is 6.10 Å². The molecule has 0 spiro atoms. The molecule has 1 N–H and O–H groups in total. The molecule has 18 heavy (non-hydrogen) atoms. The van der Waals surface area contributed by atoms with Gasteiger partial charge in [-0.25, -0.2) is 0 Å². The number of ether oxygens (including phenoxy) is 1. The van der Waals surface area contributed by atoms with Gasteiger partial charge >= 0.3 is 0 Å². The Morgan fingerprint density at radius 3 is 2.89 bits per heavy atom. The fraction of sp³-hybridized carbons (Fsp3) is 0.333. The Bertz CT molecular complexity index is 462. The zero-order valence-corrected chi connectivity index (χ0v) is 10.5. The van der Waals surface area contributed by atoms with Crippen LogP contribution in [0.3, 0.4) is 0 Å². The van der Waals surface area contributed by atoms with Gasteiger partial charge in [-0.2, -0.15) is 0 Å². The summed E-state index contributed by atoms with van der Waals surface area (Å²) in [4.78, 5) is 0. The summed E-state index contributed by atoms with van der Waals surface area (Å²) in [5.41, 5.74) is 0.882. The van der Waals surface area contributed by atoms with Gasteiger partial charge in [0.2, 0.25) is 0 Å². The maximum Gasteiger partial charge on any atom is 0.119 e. The maximum atomic E-state index is 10.1. The average molecular weight is 246 g/mol. The van der Waals surface area contributed by atoms with Crippen LogP contribution in [-0.4, -0.2) is 11.7 Å². The summed E-state index contributed by atoms with van der Waals surface area (Å²) in [5, 5.41) is 10.1. The lowest BCUT2D eigenvalue weighted by Gasteiger charge is -2.11. The van der Waals surface area contributed by atoms with Crippen molar-refractivity contribution < 1.29 is 14.3 Å². The van der Waals surface area contributed by atoms with Crippen molar-refractivity contribution in [3.05, 3.63) is 54.0 Å². The topological polar surface area (TPSA) is 42.6 Å². The van der Waals surface area contributed by atoms with Crippen LogP contribution in [0.25, 0.3) is 0 Å². The molecule has 0 amide bonds. The van der Waals surface area contributed by atoms with Gasteiger partial charge in [0, 0.05) is 6.42 Å². The van der Waals surface area contributed by atoms with Gasteiger partial charge in [-0.3, -0.25) is 0 Å². The maximum absolute atomic E-state index is 10.1. The smallest absolute Gasteiger partial charge is 0.119 e. The molecule has 1 aromatic carbocycles. The van der Waals surface area contributed by atoms with Gasteiger partial charge in [0.15, 0.2) is 0 Å². The number of hydrogen-bond acceptors (Lipinski definition) is 3. The number of aliphatic hydroxyl groups is 1. The Morgan fingerprint density at radius 1 is 1.28 bits per heavy atom. The highest BCUT2D eigenvalue weighted by Crippen LogP contribution is 2.23. The molecule has 0 fully saturated rings. The highest BCUT2D eigenvalue weighted by Gasteiger charge is 2.09. The molecule has 0 saturated carbocycles. The van der Waals surface area contributed by atoms with Gasteiger partial charge < -0.3 is 14.3 Å². The second-order valence-electron chi connectivity index (χ2n) is 4.14. The molecular weight excluding hydrogens is 228 g/mol. The second-order valence-corrected chi connectivity index (χ2v) is 4.14. The van der Waals surface area contributed by atoms with Crippen LogP contribution >= 0.6 is 0 Å². The van der Waals surface area contributed by atoms with Crippen molar-refractivity contribution >= 4 is 0 Å². The van der Waals surface area contributed by atoms with Crippen LogP contribution in [0.1, 0.15) is 30.8 Å². The first-order valence-electron chi connectivity index (χ1n) is 6.23.